The van der Waals surface area contributed by atoms with Crippen molar-refractivity contribution in [3.05, 3.63) is 81.8 Å². The van der Waals surface area contributed by atoms with Gasteiger partial charge in [0.1, 0.15) is 0 Å². The number of carbonyl (C=O) groups excluding carboxylic acids is 1. The van der Waals surface area contributed by atoms with Crippen LogP contribution in [0.3, 0.4) is 0 Å². The predicted molar refractivity (Wildman–Crippen MR) is 124 cm³/mol. The Hall–Kier alpha value is -1.78. The van der Waals surface area contributed by atoms with E-state index in [1.807, 2.05) is 26.2 Å². The molecule has 6 heteroatoms. The summed E-state index contributed by atoms with van der Waals surface area (Å²) in [5.41, 5.74) is 1.52. The SMILES string of the molecule is CN(C)CCC(COC(=O)c1ccc(Cl)cc1Cl)c1cccc2ccccc12.Cl. The van der Waals surface area contributed by atoms with Gasteiger partial charge < -0.3 is 9.64 Å². The lowest BCUT2D eigenvalue weighted by atomic mass is 9.91. The fourth-order valence-electron chi connectivity index (χ4n) is 3.26. The Morgan fingerprint density at radius 3 is 2.48 bits per heavy atom. The Labute approximate surface area is 188 Å². The van der Waals surface area contributed by atoms with Gasteiger partial charge in [-0.15, -0.1) is 12.4 Å². The minimum atomic E-state index is -0.434. The van der Waals surface area contributed by atoms with Crippen molar-refractivity contribution in [2.24, 2.45) is 0 Å². The van der Waals surface area contributed by atoms with Crippen LogP contribution >= 0.6 is 35.6 Å². The molecule has 0 aliphatic rings. The molecule has 0 aliphatic carbocycles. The first-order valence-corrected chi connectivity index (χ1v) is 9.96. The summed E-state index contributed by atoms with van der Waals surface area (Å²) in [6.45, 7) is 1.19. The first-order chi connectivity index (χ1) is 13.5. The first-order valence-electron chi connectivity index (χ1n) is 9.20. The van der Waals surface area contributed by atoms with Crippen LogP contribution in [0.5, 0.6) is 0 Å². The summed E-state index contributed by atoms with van der Waals surface area (Å²) < 4.78 is 5.66. The number of fused-ring (bicyclic) bond motifs is 1. The Morgan fingerprint density at radius 1 is 1.03 bits per heavy atom. The minimum Gasteiger partial charge on any atom is -0.461 e. The summed E-state index contributed by atoms with van der Waals surface area (Å²) in [5, 5.41) is 3.16. The molecule has 0 spiro atoms. The van der Waals surface area contributed by atoms with Gasteiger partial charge in [-0.1, -0.05) is 65.7 Å². The van der Waals surface area contributed by atoms with Gasteiger partial charge in [-0.2, -0.15) is 0 Å². The van der Waals surface area contributed by atoms with Gasteiger partial charge in [0.05, 0.1) is 17.2 Å². The molecule has 0 N–H and O–H groups in total. The third-order valence-corrected chi connectivity index (χ3v) is 5.30. The van der Waals surface area contributed by atoms with Gasteiger partial charge in [0, 0.05) is 10.9 Å². The Balaban J connectivity index is 0.00000300. The van der Waals surface area contributed by atoms with Crippen LogP contribution in [0.2, 0.25) is 10.0 Å². The molecule has 0 aromatic heterocycles. The van der Waals surface area contributed by atoms with E-state index in [0.29, 0.717) is 22.2 Å². The fraction of sp³-hybridized carbons (Fsp3) is 0.261. The summed E-state index contributed by atoms with van der Waals surface area (Å²) in [6.07, 6.45) is 0.878. The van der Waals surface area contributed by atoms with Gasteiger partial charge >= 0.3 is 5.97 Å². The minimum absolute atomic E-state index is 0. The predicted octanol–water partition coefficient (Wildman–Crippen LogP) is 6.46. The summed E-state index contributed by atoms with van der Waals surface area (Å²) >= 11 is 12.1. The van der Waals surface area contributed by atoms with Crippen LogP contribution in [-0.4, -0.2) is 38.1 Å². The van der Waals surface area contributed by atoms with E-state index in [2.05, 4.69) is 35.2 Å². The summed E-state index contributed by atoms with van der Waals surface area (Å²) in [4.78, 5) is 14.7. The van der Waals surface area contributed by atoms with Crippen molar-refractivity contribution in [1.29, 1.82) is 0 Å². The zero-order valence-electron chi connectivity index (χ0n) is 16.4. The summed E-state index contributed by atoms with van der Waals surface area (Å²) in [6, 6.07) is 19.3. The molecule has 29 heavy (non-hydrogen) atoms. The number of nitrogens with zero attached hydrogens (tertiary/aromatic N) is 1. The number of hydrogen-bond donors (Lipinski definition) is 0. The van der Waals surface area contributed by atoms with E-state index >= 15 is 0 Å². The van der Waals surface area contributed by atoms with E-state index in [-0.39, 0.29) is 18.3 Å². The molecule has 0 bridgehead atoms. The molecule has 0 heterocycles. The van der Waals surface area contributed by atoms with Gasteiger partial charge in [0.15, 0.2) is 0 Å². The van der Waals surface area contributed by atoms with Crippen molar-refractivity contribution >= 4 is 52.4 Å². The van der Waals surface area contributed by atoms with E-state index in [1.165, 1.54) is 16.3 Å². The third-order valence-electron chi connectivity index (χ3n) is 4.75. The van der Waals surface area contributed by atoms with Crippen molar-refractivity contribution in [3.63, 3.8) is 0 Å². The highest BCUT2D eigenvalue weighted by Gasteiger charge is 2.19. The van der Waals surface area contributed by atoms with Crippen LogP contribution in [-0.2, 0) is 4.74 Å². The number of rotatable bonds is 7. The highest BCUT2D eigenvalue weighted by atomic mass is 35.5. The highest BCUT2D eigenvalue weighted by Crippen LogP contribution is 2.29. The smallest absolute Gasteiger partial charge is 0.339 e. The van der Waals surface area contributed by atoms with Crippen molar-refractivity contribution in [3.8, 4) is 0 Å². The molecule has 0 radical (unpaired) electrons. The van der Waals surface area contributed by atoms with Gasteiger partial charge in [-0.3, -0.25) is 0 Å². The Bertz CT molecular complexity index is 970. The summed E-state index contributed by atoms with van der Waals surface area (Å²) in [7, 11) is 4.08. The second-order valence-corrected chi connectivity index (χ2v) is 7.92. The average molecular weight is 453 g/mol. The molecular formula is C23H24Cl3NO2. The second-order valence-electron chi connectivity index (χ2n) is 7.08. The van der Waals surface area contributed by atoms with E-state index in [9.17, 15) is 4.79 Å². The average Bonchev–Trinajstić information content (AvgIpc) is 2.67. The molecule has 1 unspecified atom stereocenters. The van der Waals surface area contributed by atoms with Crippen molar-refractivity contribution in [1.82, 2.24) is 4.90 Å². The van der Waals surface area contributed by atoms with Crippen molar-refractivity contribution in [2.75, 3.05) is 27.2 Å². The van der Waals surface area contributed by atoms with Crippen LogP contribution < -0.4 is 0 Å². The topological polar surface area (TPSA) is 29.5 Å². The van der Waals surface area contributed by atoms with Gasteiger partial charge in [-0.05, 0) is 61.6 Å². The zero-order valence-corrected chi connectivity index (χ0v) is 18.7. The third kappa shape index (κ3) is 6.10. The largest absolute Gasteiger partial charge is 0.461 e. The molecule has 0 fully saturated rings. The number of halogens is 3. The monoisotopic (exact) mass is 451 g/mol. The van der Waals surface area contributed by atoms with Gasteiger partial charge in [0.25, 0.3) is 0 Å². The Kier molecular flexibility index (Phi) is 8.79. The van der Waals surface area contributed by atoms with Crippen LogP contribution in [0.15, 0.2) is 60.7 Å². The quantitative estimate of drug-likeness (QED) is 0.385. The van der Waals surface area contributed by atoms with Crippen LogP contribution in [0.1, 0.15) is 28.3 Å². The normalized spacial score (nSPS) is 11.9. The molecule has 0 amide bonds. The number of carbonyl (C=O) groups is 1. The molecule has 0 saturated carbocycles. The van der Waals surface area contributed by atoms with Gasteiger partial charge in [0.2, 0.25) is 0 Å². The van der Waals surface area contributed by atoms with Crippen LogP contribution in [0.25, 0.3) is 10.8 Å². The second kappa shape index (κ2) is 10.8. The molecule has 3 rings (SSSR count). The number of hydrogen-bond acceptors (Lipinski definition) is 3. The lowest BCUT2D eigenvalue weighted by Gasteiger charge is -2.21. The highest BCUT2D eigenvalue weighted by molar-refractivity contribution is 6.36. The molecule has 1 atom stereocenters. The zero-order chi connectivity index (χ0) is 20.1. The molecule has 0 saturated heterocycles. The van der Waals surface area contributed by atoms with Crippen molar-refractivity contribution in [2.45, 2.75) is 12.3 Å². The van der Waals surface area contributed by atoms with E-state index in [4.69, 9.17) is 27.9 Å². The molecule has 3 aromatic rings. The molecule has 154 valence electrons. The maximum Gasteiger partial charge on any atom is 0.339 e. The van der Waals surface area contributed by atoms with E-state index in [1.54, 1.807) is 18.2 Å². The first kappa shape index (κ1) is 23.5. The molecule has 3 nitrogen and oxygen atoms in total. The maximum absolute atomic E-state index is 12.6. The number of ether oxygens (including phenoxy) is 1. The fourth-order valence-corrected chi connectivity index (χ4v) is 3.74. The van der Waals surface area contributed by atoms with Crippen LogP contribution in [0, 0.1) is 0 Å². The standard InChI is InChI=1S/C23H23Cl2NO2.ClH/c1-26(2)13-12-17(20-9-5-7-16-6-3-4-8-19(16)20)15-28-23(27)21-11-10-18(24)14-22(21)25;/h3-11,14,17H,12-13,15H2,1-2H3;1H. The van der Waals surface area contributed by atoms with Gasteiger partial charge in [-0.25, -0.2) is 4.79 Å². The van der Waals surface area contributed by atoms with Crippen molar-refractivity contribution < 1.29 is 9.53 Å². The maximum atomic E-state index is 12.6. The lowest BCUT2D eigenvalue weighted by Crippen LogP contribution is -2.20. The summed E-state index contributed by atoms with van der Waals surface area (Å²) in [5.74, 6) is -0.347. The number of esters is 1. The number of benzene rings is 3. The molecular weight excluding hydrogens is 429 g/mol. The Morgan fingerprint density at radius 2 is 1.76 bits per heavy atom. The molecule has 3 aromatic carbocycles. The van der Waals surface area contributed by atoms with E-state index < -0.39 is 5.97 Å². The molecule has 0 aliphatic heterocycles. The lowest BCUT2D eigenvalue weighted by molar-refractivity contribution is 0.0473. The van der Waals surface area contributed by atoms with E-state index in [0.717, 1.165) is 13.0 Å². The van der Waals surface area contributed by atoms with Crippen LogP contribution in [0.4, 0.5) is 0 Å².